The molecule has 0 spiro atoms. The van der Waals surface area contributed by atoms with Gasteiger partial charge in [0, 0.05) is 18.8 Å². The van der Waals surface area contributed by atoms with E-state index in [0.29, 0.717) is 5.41 Å². The van der Waals surface area contributed by atoms with Crippen LogP contribution in [-0.4, -0.2) is 18.0 Å². The number of hydrogen-bond acceptors (Lipinski definition) is 1. The highest BCUT2D eigenvalue weighted by atomic mass is 15.2. The molecular formula is C18H33N. The molecule has 0 bridgehead atoms. The van der Waals surface area contributed by atoms with E-state index in [0.717, 1.165) is 12.3 Å². The largest absolute Gasteiger partial charge is 0.375 e. The minimum Gasteiger partial charge on any atom is -0.375 e. The molecule has 19 heavy (non-hydrogen) atoms. The molecule has 0 saturated carbocycles. The number of nitrogens with zero attached hydrogens (tertiary/aromatic N) is 1. The van der Waals surface area contributed by atoms with Crippen LogP contribution >= 0.6 is 0 Å². The van der Waals surface area contributed by atoms with E-state index in [4.69, 9.17) is 0 Å². The normalized spacial score (nSPS) is 16.3. The molecule has 1 saturated heterocycles. The van der Waals surface area contributed by atoms with Crippen molar-refractivity contribution >= 4 is 0 Å². The molecule has 0 amide bonds. The van der Waals surface area contributed by atoms with Crippen molar-refractivity contribution in [1.29, 1.82) is 0 Å². The maximum Gasteiger partial charge on any atom is 0.0220 e. The molecular weight excluding hydrogens is 230 g/mol. The maximum atomic E-state index is 4.28. The Morgan fingerprint density at radius 3 is 2.32 bits per heavy atom. The summed E-state index contributed by atoms with van der Waals surface area (Å²) >= 11 is 0. The van der Waals surface area contributed by atoms with Crippen LogP contribution in [0.5, 0.6) is 0 Å². The van der Waals surface area contributed by atoms with Crippen LogP contribution in [0.3, 0.4) is 0 Å². The molecule has 0 aromatic carbocycles. The van der Waals surface area contributed by atoms with Crippen molar-refractivity contribution < 1.29 is 0 Å². The molecule has 1 nitrogen and oxygen atoms in total. The minimum atomic E-state index is 0.400. The first kappa shape index (κ1) is 16.3. The Bertz CT molecular complexity index is 308. The van der Waals surface area contributed by atoms with E-state index in [1.54, 1.807) is 0 Å². The highest BCUT2D eigenvalue weighted by molar-refractivity contribution is 5.04. The lowest BCUT2D eigenvalue weighted by molar-refractivity contribution is 0.120. The van der Waals surface area contributed by atoms with Gasteiger partial charge in [-0.2, -0.15) is 0 Å². The van der Waals surface area contributed by atoms with Crippen molar-refractivity contribution in [2.24, 2.45) is 11.3 Å². The van der Waals surface area contributed by atoms with E-state index in [2.05, 4.69) is 45.8 Å². The van der Waals surface area contributed by atoms with Gasteiger partial charge >= 0.3 is 0 Å². The molecule has 0 unspecified atom stereocenters. The number of allylic oxidation sites excluding steroid dienone is 2. The second-order valence-corrected chi connectivity index (χ2v) is 7.07. The summed E-state index contributed by atoms with van der Waals surface area (Å²) in [5.41, 5.74) is 3.18. The first-order valence-electron chi connectivity index (χ1n) is 7.97. The monoisotopic (exact) mass is 263 g/mol. The van der Waals surface area contributed by atoms with Crippen LogP contribution in [0, 0.1) is 11.3 Å². The first-order chi connectivity index (χ1) is 8.88. The zero-order chi connectivity index (χ0) is 14.5. The molecule has 1 fully saturated rings. The van der Waals surface area contributed by atoms with Gasteiger partial charge in [-0.1, -0.05) is 59.3 Å². The lowest BCUT2D eigenvalue weighted by Crippen LogP contribution is -2.46. The third kappa shape index (κ3) is 5.42. The first-order valence-corrected chi connectivity index (χ1v) is 7.97. The summed E-state index contributed by atoms with van der Waals surface area (Å²) in [5, 5.41) is 0. The van der Waals surface area contributed by atoms with Crippen molar-refractivity contribution in [2.75, 3.05) is 13.1 Å². The van der Waals surface area contributed by atoms with Crippen molar-refractivity contribution in [3.05, 3.63) is 24.4 Å². The summed E-state index contributed by atoms with van der Waals surface area (Å²) in [6.45, 7) is 20.1. The third-order valence-corrected chi connectivity index (χ3v) is 4.55. The zero-order valence-electron chi connectivity index (χ0n) is 13.6. The van der Waals surface area contributed by atoms with Crippen molar-refractivity contribution in [2.45, 2.75) is 66.2 Å². The minimum absolute atomic E-state index is 0.400. The summed E-state index contributed by atoms with van der Waals surface area (Å²) < 4.78 is 0. The Kier molecular flexibility index (Phi) is 6.16. The summed E-state index contributed by atoms with van der Waals surface area (Å²) in [6, 6.07) is 0. The number of hydrogen-bond donors (Lipinski definition) is 0. The lowest BCUT2D eigenvalue weighted by atomic mass is 9.83. The van der Waals surface area contributed by atoms with Gasteiger partial charge in [0.25, 0.3) is 0 Å². The Morgan fingerprint density at radius 1 is 1.16 bits per heavy atom. The van der Waals surface area contributed by atoms with Gasteiger partial charge in [-0.15, -0.1) is 0 Å². The SMILES string of the molecule is C=C(CCC)CCC1CN(C(=C)CC(C)(C)CC)C1. The van der Waals surface area contributed by atoms with Gasteiger partial charge in [0.05, 0.1) is 0 Å². The summed E-state index contributed by atoms with van der Waals surface area (Å²) in [5.74, 6) is 0.870. The highest BCUT2D eigenvalue weighted by Gasteiger charge is 2.29. The molecule has 0 aliphatic carbocycles. The average molecular weight is 263 g/mol. The Morgan fingerprint density at radius 2 is 1.79 bits per heavy atom. The zero-order valence-corrected chi connectivity index (χ0v) is 13.6. The Labute approximate surface area is 120 Å². The van der Waals surface area contributed by atoms with Gasteiger partial charge < -0.3 is 4.90 Å². The van der Waals surface area contributed by atoms with E-state index in [1.807, 2.05) is 0 Å². The van der Waals surface area contributed by atoms with E-state index >= 15 is 0 Å². The molecule has 0 N–H and O–H groups in total. The predicted octanol–water partition coefficient (Wildman–Crippen LogP) is 5.39. The Balaban J connectivity index is 2.19. The van der Waals surface area contributed by atoms with Gasteiger partial charge in [-0.25, -0.2) is 0 Å². The van der Waals surface area contributed by atoms with Crippen LogP contribution in [0.2, 0.25) is 0 Å². The summed E-state index contributed by atoms with van der Waals surface area (Å²) in [7, 11) is 0. The van der Waals surface area contributed by atoms with Crippen LogP contribution in [-0.2, 0) is 0 Å². The fourth-order valence-electron chi connectivity index (χ4n) is 2.69. The van der Waals surface area contributed by atoms with Gasteiger partial charge in [-0.3, -0.25) is 0 Å². The standard InChI is InChI=1S/C18H33N/c1-7-9-15(3)10-11-17-13-19(14-17)16(4)12-18(5,6)8-2/h17H,3-4,7-14H2,1-2,5-6H3. The third-order valence-electron chi connectivity index (χ3n) is 4.55. The molecule has 0 aromatic rings. The highest BCUT2D eigenvalue weighted by Crippen LogP contribution is 2.33. The second kappa shape index (κ2) is 7.17. The number of rotatable bonds is 9. The summed E-state index contributed by atoms with van der Waals surface area (Å²) in [4.78, 5) is 2.48. The van der Waals surface area contributed by atoms with Crippen molar-refractivity contribution in [1.82, 2.24) is 4.90 Å². The molecule has 1 heterocycles. The van der Waals surface area contributed by atoms with Crippen molar-refractivity contribution in [3.63, 3.8) is 0 Å². The topological polar surface area (TPSA) is 3.24 Å². The second-order valence-electron chi connectivity index (χ2n) is 7.07. The van der Waals surface area contributed by atoms with Gasteiger partial charge in [0.15, 0.2) is 0 Å². The average Bonchev–Trinajstić information content (AvgIpc) is 2.26. The molecule has 1 aliphatic heterocycles. The van der Waals surface area contributed by atoms with E-state index in [1.165, 1.54) is 56.5 Å². The van der Waals surface area contributed by atoms with Crippen molar-refractivity contribution in [3.8, 4) is 0 Å². The molecule has 0 radical (unpaired) electrons. The van der Waals surface area contributed by atoms with Crippen LogP contribution in [0.25, 0.3) is 0 Å². The van der Waals surface area contributed by atoms with E-state index in [-0.39, 0.29) is 0 Å². The molecule has 1 aliphatic rings. The fourth-order valence-corrected chi connectivity index (χ4v) is 2.69. The molecule has 110 valence electrons. The van der Waals surface area contributed by atoms with Gasteiger partial charge in [0.1, 0.15) is 0 Å². The van der Waals surface area contributed by atoms with Crippen LogP contribution in [0.4, 0.5) is 0 Å². The number of likely N-dealkylation sites (tertiary alicyclic amines) is 1. The molecule has 0 aromatic heterocycles. The van der Waals surface area contributed by atoms with Crippen LogP contribution in [0.1, 0.15) is 66.2 Å². The fraction of sp³-hybridized carbons (Fsp3) is 0.778. The predicted molar refractivity (Wildman–Crippen MR) is 86.2 cm³/mol. The molecule has 1 heteroatoms. The Hall–Kier alpha value is -0.720. The van der Waals surface area contributed by atoms with Crippen LogP contribution < -0.4 is 0 Å². The summed E-state index contributed by atoms with van der Waals surface area (Å²) in [6.07, 6.45) is 7.34. The molecule has 0 atom stereocenters. The smallest absolute Gasteiger partial charge is 0.0220 e. The quantitative estimate of drug-likeness (QED) is 0.504. The van der Waals surface area contributed by atoms with Crippen LogP contribution in [0.15, 0.2) is 24.4 Å². The van der Waals surface area contributed by atoms with Gasteiger partial charge in [-0.05, 0) is 37.0 Å². The maximum absolute atomic E-state index is 4.28. The molecule has 1 rings (SSSR count). The van der Waals surface area contributed by atoms with E-state index in [9.17, 15) is 0 Å². The van der Waals surface area contributed by atoms with Gasteiger partial charge in [0.2, 0.25) is 0 Å². The van der Waals surface area contributed by atoms with E-state index < -0.39 is 0 Å². The lowest BCUT2D eigenvalue weighted by Gasteiger charge is -2.44.